The fourth-order valence-corrected chi connectivity index (χ4v) is 2.57. The number of hydrogen-bond donors (Lipinski definition) is 1. The first kappa shape index (κ1) is 15.5. The van der Waals surface area contributed by atoms with Crippen molar-refractivity contribution in [3.8, 4) is 0 Å². The van der Waals surface area contributed by atoms with Gasteiger partial charge in [0.25, 0.3) is 0 Å². The zero-order chi connectivity index (χ0) is 14.3. The smallest absolute Gasteiger partial charge is 0.0594 e. The van der Waals surface area contributed by atoms with E-state index in [4.69, 9.17) is 4.74 Å². The fourth-order valence-electron chi connectivity index (χ4n) is 2.57. The van der Waals surface area contributed by atoms with E-state index in [0.29, 0.717) is 0 Å². The molecule has 0 saturated carbocycles. The first-order chi connectivity index (χ1) is 9.66. The molecule has 3 heteroatoms. The van der Waals surface area contributed by atoms with Crippen LogP contribution < -0.4 is 5.32 Å². The molecule has 20 heavy (non-hydrogen) atoms. The maximum atomic E-state index is 5.37. The zero-order valence-electron chi connectivity index (χ0n) is 12.9. The lowest BCUT2D eigenvalue weighted by atomic mass is 9.95. The van der Waals surface area contributed by atoms with E-state index in [1.807, 2.05) is 0 Å². The van der Waals surface area contributed by atoms with Gasteiger partial charge >= 0.3 is 0 Å². The number of rotatable bonds is 7. The Kier molecular flexibility index (Phi) is 6.02. The molecule has 0 unspecified atom stereocenters. The molecular formula is C17H28N2O. The average molecular weight is 276 g/mol. The Morgan fingerprint density at radius 2 is 1.85 bits per heavy atom. The third-order valence-corrected chi connectivity index (χ3v) is 4.02. The molecule has 0 radical (unpaired) electrons. The Balaban J connectivity index is 1.65. The Labute approximate surface area is 123 Å². The summed E-state index contributed by atoms with van der Waals surface area (Å²) in [5.74, 6) is 0. The number of hydrogen-bond acceptors (Lipinski definition) is 3. The lowest BCUT2D eigenvalue weighted by Crippen LogP contribution is -2.46. The van der Waals surface area contributed by atoms with Crippen molar-refractivity contribution in [2.75, 3.05) is 39.4 Å². The SMILES string of the molecule is CC(C)(CCc1ccccc1)NCCN1CCOCC1. The van der Waals surface area contributed by atoms with Gasteiger partial charge in [-0.25, -0.2) is 0 Å². The van der Waals surface area contributed by atoms with Crippen molar-refractivity contribution >= 4 is 0 Å². The minimum atomic E-state index is 0.197. The number of benzene rings is 1. The van der Waals surface area contributed by atoms with Crippen molar-refractivity contribution in [1.82, 2.24) is 10.2 Å². The molecule has 0 aliphatic carbocycles. The molecule has 2 rings (SSSR count). The third kappa shape index (κ3) is 5.61. The predicted octanol–water partition coefficient (Wildman–Crippen LogP) is 2.32. The van der Waals surface area contributed by atoms with Gasteiger partial charge < -0.3 is 10.1 Å². The highest BCUT2D eigenvalue weighted by molar-refractivity contribution is 5.15. The zero-order valence-corrected chi connectivity index (χ0v) is 12.9. The van der Waals surface area contributed by atoms with Crippen molar-refractivity contribution in [2.24, 2.45) is 0 Å². The molecule has 1 aliphatic rings. The van der Waals surface area contributed by atoms with Gasteiger partial charge in [-0.15, -0.1) is 0 Å². The van der Waals surface area contributed by atoms with Crippen LogP contribution in [0.5, 0.6) is 0 Å². The topological polar surface area (TPSA) is 24.5 Å². The second-order valence-electron chi connectivity index (χ2n) is 6.25. The molecule has 0 atom stereocenters. The average Bonchev–Trinajstić information content (AvgIpc) is 2.47. The minimum Gasteiger partial charge on any atom is -0.379 e. The number of aryl methyl sites for hydroxylation is 1. The van der Waals surface area contributed by atoms with Crippen LogP contribution in [-0.2, 0) is 11.2 Å². The van der Waals surface area contributed by atoms with E-state index in [-0.39, 0.29) is 5.54 Å². The maximum absolute atomic E-state index is 5.37. The highest BCUT2D eigenvalue weighted by Crippen LogP contribution is 2.13. The molecule has 1 saturated heterocycles. The van der Waals surface area contributed by atoms with Gasteiger partial charge in [0, 0.05) is 31.7 Å². The van der Waals surface area contributed by atoms with Gasteiger partial charge in [0.1, 0.15) is 0 Å². The van der Waals surface area contributed by atoms with E-state index in [0.717, 1.165) is 45.8 Å². The van der Waals surface area contributed by atoms with Gasteiger partial charge in [-0.05, 0) is 32.3 Å². The summed E-state index contributed by atoms with van der Waals surface area (Å²) in [6, 6.07) is 10.7. The predicted molar refractivity (Wildman–Crippen MR) is 84.1 cm³/mol. The molecular weight excluding hydrogens is 248 g/mol. The Morgan fingerprint density at radius 1 is 1.15 bits per heavy atom. The van der Waals surface area contributed by atoms with E-state index >= 15 is 0 Å². The standard InChI is InChI=1S/C17H28N2O/c1-17(2,9-8-16-6-4-3-5-7-16)18-10-11-19-12-14-20-15-13-19/h3-7,18H,8-15H2,1-2H3. The highest BCUT2D eigenvalue weighted by atomic mass is 16.5. The molecule has 3 nitrogen and oxygen atoms in total. The summed E-state index contributed by atoms with van der Waals surface area (Å²) in [7, 11) is 0. The summed E-state index contributed by atoms with van der Waals surface area (Å²) in [5, 5.41) is 3.69. The number of nitrogens with one attached hydrogen (secondary N) is 1. The largest absolute Gasteiger partial charge is 0.379 e. The lowest BCUT2D eigenvalue weighted by Gasteiger charge is -2.30. The van der Waals surface area contributed by atoms with Crippen LogP contribution in [0.3, 0.4) is 0 Å². The summed E-state index contributed by atoms with van der Waals surface area (Å²) in [6.07, 6.45) is 2.30. The quantitative estimate of drug-likeness (QED) is 0.827. The molecule has 1 fully saturated rings. The summed E-state index contributed by atoms with van der Waals surface area (Å²) >= 11 is 0. The van der Waals surface area contributed by atoms with Crippen LogP contribution in [0.4, 0.5) is 0 Å². The van der Waals surface area contributed by atoms with Crippen LogP contribution in [0.25, 0.3) is 0 Å². The van der Waals surface area contributed by atoms with Crippen molar-refractivity contribution in [3.05, 3.63) is 35.9 Å². The number of morpholine rings is 1. The van der Waals surface area contributed by atoms with Crippen LogP contribution in [-0.4, -0.2) is 49.8 Å². The molecule has 1 aromatic carbocycles. The maximum Gasteiger partial charge on any atom is 0.0594 e. The molecule has 0 amide bonds. The van der Waals surface area contributed by atoms with E-state index in [2.05, 4.69) is 54.4 Å². The van der Waals surface area contributed by atoms with Crippen molar-refractivity contribution < 1.29 is 4.74 Å². The Bertz CT molecular complexity index is 372. The fraction of sp³-hybridized carbons (Fsp3) is 0.647. The first-order valence-electron chi connectivity index (χ1n) is 7.75. The normalized spacial score (nSPS) is 17.3. The molecule has 1 heterocycles. The molecule has 112 valence electrons. The minimum absolute atomic E-state index is 0.197. The van der Waals surface area contributed by atoms with Gasteiger partial charge in [-0.3, -0.25) is 4.90 Å². The summed E-state index contributed by atoms with van der Waals surface area (Å²) in [4.78, 5) is 2.48. The molecule has 1 aromatic rings. The number of nitrogens with zero attached hydrogens (tertiary/aromatic N) is 1. The Morgan fingerprint density at radius 3 is 2.55 bits per heavy atom. The van der Waals surface area contributed by atoms with Gasteiger partial charge in [0.05, 0.1) is 13.2 Å². The second kappa shape index (κ2) is 7.77. The summed E-state index contributed by atoms with van der Waals surface area (Å²) in [6.45, 7) is 10.7. The van der Waals surface area contributed by atoms with Crippen LogP contribution in [0.2, 0.25) is 0 Å². The third-order valence-electron chi connectivity index (χ3n) is 4.02. The van der Waals surface area contributed by atoms with Crippen molar-refractivity contribution in [3.63, 3.8) is 0 Å². The van der Waals surface area contributed by atoms with E-state index in [9.17, 15) is 0 Å². The first-order valence-corrected chi connectivity index (χ1v) is 7.75. The van der Waals surface area contributed by atoms with Gasteiger partial charge in [0.2, 0.25) is 0 Å². The number of ether oxygens (including phenoxy) is 1. The van der Waals surface area contributed by atoms with E-state index in [1.54, 1.807) is 0 Å². The van der Waals surface area contributed by atoms with Crippen LogP contribution in [0, 0.1) is 0 Å². The molecule has 0 aromatic heterocycles. The van der Waals surface area contributed by atoms with Crippen molar-refractivity contribution in [1.29, 1.82) is 0 Å². The molecule has 1 aliphatic heterocycles. The second-order valence-corrected chi connectivity index (χ2v) is 6.25. The Hall–Kier alpha value is -0.900. The van der Waals surface area contributed by atoms with E-state index in [1.165, 1.54) is 12.0 Å². The molecule has 0 spiro atoms. The van der Waals surface area contributed by atoms with Gasteiger partial charge in [-0.1, -0.05) is 30.3 Å². The summed E-state index contributed by atoms with van der Waals surface area (Å²) in [5.41, 5.74) is 1.62. The summed E-state index contributed by atoms with van der Waals surface area (Å²) < 4.78 is 5.37. The van der Waals surface area contributed by atoms with Gasteiger partial charge in [0.15, 0.2) is 0 Å². The molecule has 1 N–H and O–H groups in total. The lowest BCUT2D eigenvalue weighted by molar-refractivity contribution is 0.0376. The van der Waals surface area contributed by atoms with Crippen LogP contribution in [0.1, 0.15) is 25.8 Å². The van der Waals surface area contributed by atoms with E-state index < -0.39 is 0 Å². The monoisotopic (exact) mass is 276 g/mol. The van der Waals surface area contributed by atoms with Crippen LogP contribution >= 0.6 is 0 Å². The highest BCUT2D eigenvalue weighted by Gasteiger charge is 2.17. The van der Waals surface area contributed by atoms with Gasteiger partial charge in [-0.2, -0.15) is 0 Å². The van der Waals surface area contributed by atoms with Crippen LogP contribution in [0.15, 0.2) is 30.3 Å². The van der Waals surface area contributed by atoms with Crippen molar-refractivity contribution in [2.45, 2.75) is 32.2 Å². The molecule has 0 bridgehead atoms.